The summed E-state index contributed by atoms with van der Waals surface area (Å²) in [5, 5.41) is 0.471. The standard InChI is InChI=1S/C13H14N2O3S2/c1-9-4-6-11(7-5-9)20(16,17)18-12-8-10(2)14-13(15-12)19-3/h4-8H,1-3H3. The molecule has 5 nitrogen and oxygen atoms in total. The molecule has 20 heavy (non-hydrogen) atoms. The van der Waals surface area contributed by atoms with Crippen molar-refractivity contribution in [2.45, 2.75) is 23.9 Å². The minimum atomic E-state index is -3.87. The molecule has 0 aliphatic heterocycles. The van der Waals surface area contributed by atoms with Crippen LogP contribution in [0.4, 0.5) is 0 Å². The average molecular weight is 310 g/mol. The molecular formula is C13H14N2O3S2. The lowest BCUT2D eigenvalue weighted by Crippen LogP contribution is -2.11. The van der Waals surface area contributed by atoms with Crippen molar-refractivity contribution in [1.29, 1.82) is 0 Å². The topological polar surface area (TPSA) is 69.2 Å². The summed E-state index contributed by atoms with van der Waals surface area (Å²) in [6, 6.07) is 7.94. The number of benzene rings is 1. The summed E-state index contributed by atoms with van der Waals surface area (Å²) >= 11 is 1.32. The van der Waals surface area contributed by atoms with E-state index in [1.54, 1.807) is 19.1 Å². The molecule has 0 fully saturated rings. The molecule has 0 atom stereocenters. The molecule has 0 unspecified atom stereocenters. The van der Waals surface area contributed by atoms with Crippen LogP contribution in [0.25, 0.3) is 0 Å². The maximum atomic E-state index is 12.1. The number of aryl methyl sites for hydroxylation is 2. The van der Waals surface area contributed by atoms with E-state index in [0.29, 0.717) is 10.9 Å². The fraction of sp³-hybridized carbons (Fsp3) is 0.231. The van der Waals surface area contributed by atoms with E-state index in [-0.39, 0.29) is 10.8 Å². The van der Waals surface area contributed by atoms with Gasteiger partial charge in [-0.2, -0.15) is 13.4 Å². The van der Waals surface area contributed by atoms with E-state index < -0.39 is 10.1 Å². The first-order valence-electron chi connectivity index (χ1n) is 5.81. The number of aromatic nitrogens is 2. The van der Waals surface area contributed by atoms with E-state index >= 15 is 0 Å². The number of hydrogen-bond acceptors (Lipinski definition) is 6. The van der Waals surface area contributed by atoms with Gasteiger partial charge in [0.25, 0.3) is 0 Å². The first-order chi connectivity index (χ1) is 9.40. The van der Waals surface area contributed by atoms with Crippen molar-refractivity contribution in [3.63, 3.8) is 0 Å². The Hall–Kier alpha value is -1.60. The molecule has 7 heteroatoms. The zero-order valence-corrected chi connectivity index (χ0v) is 13.0. The second-order valence-electron chi connectivity index (χ2n) is 4.18. The van der Waals surface area contributed by atoms with Crippen LogP contribution in [0, 0.1) is 13.8 Å². The van der Waals surface area contributed by atoms with Gasteiger partial charge in [0.2, 0.25) is 5.88 Å². The quantitative estimate of drug-likeness (QED) is 0.491. The van der Waals surface area contributed by atoms with Crippen molar-refractivity contribution in [2.75, 3.05) is 6.26 Å². The maximum Gasteiger partial charge on any atom is 0.340 e. The van der Waals surface area contributed by atoms with Gasteiger partial charge in [0.15, 0.2) is 5.16 Å². The molecule has 0 amide bonds. The van der Waals surface area contributed by atoms with E-state index in [9.17, 15) is 8.42 Å². The summed E-state index contributed by atoms with van der Waals surface area (Å²) in [5.74, 6) is 0.0300. The van der Waals surface area contributed by atoms with Crippen molar-refractivity contribution in [3.8, 4) is 5.88 Å². The lowest BCUT2D eigenvalue weighted by molar-refractivity contribution is 0.471. The molecule has 1 aromatic heterocycles. The second-order valence-corrected chi connectivity index (χ2v) is 6.50. The Kier molecular flexibility index (Phi) is 4.29. The van der Waals surface area contributed by atoms with Gasteiger partial charge in [0.1, 0.15) is 4.90 Å². The van der Waals surface area contributed by atoms with Gasteiger partial charge in [-0.15, -0.1) is 0 Å². The van der Waals surface area contributed by atoms with Gasteiger partial charge in [-0.1, -0.05) is 29.5 Å². The Morgan fingerprint density at radius 1 is 1.10 bits per heavy atom. The van der Waals surface area contributed by atoms with Crippen molar-refractivity contribution in [1.82, 2.24) is 9.97 Å². The number of hydrogen-bond donors (Lipinski definition) is 0. The Labute approximate surface area is 122 Å². The number of thioether (sulfide) groups is 1. The van der Waals surface area contributed by atoms with Crippen LogP contribution in [0.3, 0.4) is 0 Å². The van der Waals surface area contributed by atoms with Crippen LogP contribution in [0.15, 0.2) is 40.4 Å². The molecule has 1 aromatic carbocycles. The first-order valence-corrected chi connectivity index (χ1v) is 8.45. The zero-order chi connectivity index (χ0) is 14.8. The third kappa shape index (κ3) is 3.49. The van der Waals surface area contributed by atoms with E-state index in [0.717, 1.165) is 5.56 Å². The van der Waals surface area contributed by atoms with Crippen LogP contribution >= 0.6 is 11.8 Å². The van der Waals surface area contributed by atoms with Gasteiger partial charge in [0.05, 0.1) is 0 Å². The normalized spacial score (nSPS) is 11.3. The molecule has 0 aliphatic carbocycles. The Morgan fingerprint density at radius 2 is 1.75 bits per heavy atom. The molecule has 0 N–H and O–H groups in total. The highest BCUT2D eigenvalue weighted by atomic mass is 32.2. The molecule has 0 radical (unpaired) electrons. The lowest BCUT2D eigenvalue weighted by Gasteiger charge is -2.07. The molecule has 0 saturated carbocycles. The largest absolute Gasteiger partial charge is 0.358 e. The SMILES string of the molecule is CSc1nc(C)cc(OS(=O)(=O)c2ccc(C)cc2)n1. The van der Waals surface area contributed by atoms with Gasteiger partial charge in [-0.25, -0.2) is 4.98 Å². The summed E-state index contributed by atoms with van der Waals surface area (Å²) in [7, 11) is -3.87. The molecule has 106 valence electrons. The molecule has 2 rings (SSSR count). The monoisotopic (exact) mass is 310 g/mol. The third-order valence-corrected chi connectivity index (χ3v) is 4.28. The van der Waals surface area contributed by atoms with Gasteiger partial charge >= 0.3 is 10.1 Å². The Morgan fingerprint density at radius 3 is 2.35 bits per heavy atom. The summed E-state index contributed by atoms with van der Waals surface area (Å²) in [6.07, 6.45) is 1.81. The van der Waals surface area contributed by atoms with Gasteiger partial charge in [-0.3, -0.25) is 0 Å². The molecule has 0 saturated heterocycles. The van der Waals surface area contributed by atoms with Crippen LogP contribution in [-0.4, -0.2) is 24.6 Å². The molecule has 2 aromatic rings. The summed E-state index contributed by atoms with van der Waals surface area (Å²) < 4.78 is 29.3. The van der Waals surface area contributed by atoms with E-state index in [1.807, 2.05) is 13.2 Å². The summed E-state index contributed by atoms with van der Waals surface area (Å²) in [4.78, 5) is 8.28. The average Bonchev–Trinajstić information content (AvgIpc) is 2.37. The van der Waals surface area contributed by atoms with Gasteiger partial charge < -0.3 is 4.18 Å². The maximum absolute atomic E-state index is 12.1. The smallest absolute Gasteiger partial charge is 0.340 e. The van der Waals surface area contributed by atoms with Crippen molar-refractivity contribution in [3.05, 3.63) is 41.6 Å². The predicted molar refractivity (Wildman–Crippen MR) is 77.5 cm³/mol. The van der Waals surface area contributed by atoms with Crippen molar-refractivity contribution < 1.29 is 12.6 Å². The molecule has 0 aliphatic rings. The third-order valence-electron chi connectivity index (χ3n) is 2.50. The van der Waals surface area contributed by atoms with E-state index in [2.05, 4.69) is 9.97 Å². The number of nitrogens with zero attached hydrogens (tertiary/aromatic N) is 2. The first kappa shape index (κ1) is 14.8. The van der Waals surface area contributed by atoms with Crippen LogP contribution in [-0.2, 0) is 10.1 Å². The fourth-order valence-corrected chi connectivity index (χ4v) is 2.81. The molecule has 1 heterocycles. The minimum absolute atomic E-state index is 0.0300. The highest BCUT2D eigenvalue weighted by Gasteiger charge is 2.18. The predicted octanol–water partition coefficient (Wildman–Crippen LogP) is 2.58. The summed E-state index contributed by atoms with van der Waals surface area (Å²) in [6.45, 7) is 3.64. The molecule has 0 spiro atoms. The Balaban J connectivity index is 2.33. The zero-order valence-electron chi connectivity index (χ0n) is 11.3. The van der Waals surface area contributed by atoms with Crippen LogP contribution < -0.4 is 4.18 Å². The van der Waals surface area contributed by atoms with E-state index in [4.69, 9.17) is 4.18 Å². The highest BCUT2D eigenvalue weighted by molar-refractivity contribution is 7.98. The highest BCUT2D eigenvalue weighted by Crippen LogP contribution is 2.20. The lowest BCUT2D eigenvalue weighted by atomic mass is 10.2. The Bertz CT molecular complexity index is 713. The van der Waals surface area contributed by atoms with E-state index in [1.165, 1.54) is 30.0 Å². The second kappa shape index (κ2) is 5.80. The minimum Gasteiger partial charge on any atom is -0.358 e. The van der Waals surface area contributed by atoms with Crippen molar-refractivity contribution in [2.24, 2.45) is 0 Å². The van der Waals surface area contributed by atoms with Gasteiger partial charge in [0, 0.05) is 11.8 Å². The fourth-order valence-electron chi connectivity index (χ4n) is 1.51. The van der Waals surface area contributed by atoms with Crippen LogP contribution in [0.2, 0.25) is 0 Å². The van der Waals surface area contributed by atoms with Crippen LogP contribution in [0.5, 0.6) is 5.88 Å². The molecule has 0 bridgehead atoms. The van der Waals surface area contributed by atoms with Crippen LogP contribution in [0.1, 0.15) is 11.3 Å². The molecular weight excluding hydrogens is 296 g/mol. The number of rotatable bonds is 4. The summed E-state index contributed by atoms with van der Waals surface area (Å²) in [5.41, 5.74) is 1.63. The van der Waals surface area contributed by atoms with Gasteiger partial charge in [-0.05, 0) is 32.2 Å². The van der Waals surface area contributed by atoms with Crippen molar-refractivity contribution >= 4 is 21.9 Å².